The molecule has 0 fully saturated rings. The molecule has 0 bridgehead atoms. The van der Waals surface area contributed by atoms with E-state index < -0.39 is 5.97 Å². The lowest BCUT2D eigenvalue weighted by Gasteiger charge is -1.91. The van der Waals surface area contributed by atoms with Gasteiger partial charge in [0.15, 0.2) is 17.3 Å². The highest BCUT2D eigenvalue weighted by molar-refractivity contribution is 5.93. The van der Waals surface area contributed by atoms with Gasteiger partial charge in [0, 0.05) is 20.2 Å². The third-order valence-corrected chi connectivity index (χ3v) is 1.41. The number of carbonyl (C=O) groups excluding carboxylic acids is 1. The molecule has 0 radical (unpaired) electrons. The molecule has 12 heavy (non-hydrogen) atoms. The first-order valence-electron chi connectivity index (χ1n) is 3.30. The molecule has 0 spiro atoms. The molecule has 0 aromatic carbocycles. The number of nitrogens with zero attached hydrogens (tertiary/aromatic N) is 2. The molecule has 0 amide bonds. The van der Waals surface area contributed by atoms with E-state index in [0.29, 0.717) is 0 Å². The molecule has 1 aromatic rings. The van der Waals surface area contributed by atoms with Gasteiger partial charge in [-0.3, -0.25) is 4.79 Å². The summed E-state index contributed by atoms with van der Waals surface area (Å²) in [6.07, 6.45) is 1.30. The minimum atomic E-state index is -1.13. The second-order valence-corrected chi connectivity index (χ2v) is 2.42. The van der Waals surface area contributed by atoms with Gasteiger partial charge in [-0.25, -0.2) is 9.78 Å². The number of imidazole rings is 1. The van der Waals surface area contributed by atoms with Crippen molar-refractivity contribution in [2.45, 2.75) is 6.92 Å². The maximum Gasteiger partial charge on any atom is 0.356 e. The summed E-state index contributed by atoms with van der Waals surface area (Å²) in [7, 11) is 1.58. The van der Waals surface area contributed by atoms with Crippen molar-refractivity contribution < 1.29 is 14.7 Å². The number of carboxylic acids is 1. The molecule has 0 atom stereocenters. The Morgan fingerprint density at radius 1 is 1.58 bits per heavy atom. The minimum absolute atomic E-state index is 0.109. The van der Waals surface area contributed by atoms with Crippen LogP contribution in [-0.2, 0) is 7.05 Å². The summed E-state index contributed by atoms with van der Waals surface area (Å²) in [5.41, 5.74) is -0.109. The molecule has 0 unspecified atom stereocenters. The van der Waals surface area contributed by atoms with Gasteiger partial charge in [0.25, 0.3) is 0 Å². The molecule has 5 heteroatoms. The van der Waals surface area contributed by atoms with Crippen LogP contribution in [0.4, 0.5) is 0 Å². The first-order chi connectivity index (χ1) is 5.52. The molecule has 0 saturated carbocycles. The van der Waals surface area contributed by atoms with E-state index in [1.54, 1.807) is 7.05 Å². The monoisotopic (exact) mass is 168 g/mol. The van der Waals surface area contributed by atoms with E-state index in [9.17, 15) is 9.59 Å². The standard InChI is InChI=1S/C7H8N2O3/c1-4(10)6-8-5(7(11)12)3-9(6)2/h3H,1-2H3,(H,11,12). The highest BCUT2D eigenvalue weighted by Crippen LogP contribution is 2.01. The average Bonchev–Trinajstić information content (AvgIpc) is 2.30. The predicted octanol–water partition coefficient (Wildman–Crippen LogP) is 0.321. The predicted molar refractivity (Wildman–Crippen MR) is 40.2 cm³/mol. The number of aromatic nitrogens is 2. The molecule has 64 valence electrons. The Kier molecular flexibility index (Phi) is 1.95. The largest absolute Gasteiger partial charge is 0.476 e. The average molecular weight is 168 g/mol. The van der Waals surface area contributed by atoms with E-state index in [0.717, 1.165) is 0 Å². The van der Waals surface area contributed by atoms with E-state index in [2.05, 4.69) is 4.98 Å². The molecule has 5 nitrogen and oxygen atoms in total. The van der Waals surface area contributed by atoms with Crippen molar-refractivity contribution in [2.75, 3.05) is 0 Å². The fourth-order valence-electron chi connectivity index (χ4n) is 0.897. The lowest BCUT2D eigenvalue weighted by molar-refractivity contribution is 0.0691. The van der Waals surface area contributed by atoms with Crippen molar-refractivity contribution in [2.24, 2.45) is 7.05 Å². The number of hydrogen-bond donors (Lipinski definition) is 1. The van der Waals surface area contributed by atoms with Crippen LogP contribution in [0.15, 0.2) is 6.20 Å². The van der Waals surface area contributed by atoms with Crippen molar-refractivity contribution in [3.63, 3.8) is 0 Å². The number of rotatable bonds is 2. The SMILES string of the molecule is CC(=O)c1nc(C(=O)O)cn1C. The molecule has 0 aliphatic carbocycles. The van der Waals surface area contributed by atoms with Gasteiger partial charge in [-0.1, -0.05) is 0 Å². The number of carbonyl (C=O) groups is 2. The van der Waals surface area contributed by atoms with E-state index in [1.807, 2.05) is 0 Å². The Hall–Kier alpha value is -1.65. The molecule has 1 N–H and O–H groups in total. The van der Waals surface area contributed by atoms with Gasteiger partial charge in [0.2, 0.25) is 0 Å². The van der Waals surface area contributed by atoms with Crippen molar-refractivity contribution in [1.82, 2.24) is 9.55 Å². The Morgan fingerprint density at radius 3 is 2.42 bits per heavy atom. The number of carboxylic acid groups (broad SMARTS) is 1. The van der Waals surface area contributed by atoms with Crippen LogP contribution in [-0.4, -0.2) is 26.4 Å². The Morgan fingerprint density at radius 2 is 2.17 bits per heavy atom. The van der Waals surface area contributed by atoms with Crippen LogP contribution in [0, 0.1) is 0 Å². The maximum absolute atomic E-state index is 10.8. The van der Waals surface area contributed by atoms with E-state index in [1.165, 1.54) is 17.7 Å². The lowest BCUT2D eigenvalue weighted by atomic mass is 10.4. The highest BCUT2D eigenvalue weighted by Gasteiger charge is 2.13. The summed E-state index contributed by atoms with van der Waals surface area (Å²) in [6, 6.07) is 0. The first-order valence-corrected chi connectivity index (χ1v) is 3.30. The van der Waals surface area contributed by atoms with Gasteiger partial charge < -0.3 is 9.67 Å². The number of Topliss-reactive ketones (excluding diaryl/α,β-unsaturated/α-hetero) is 1. The van der Waals surface area contributed by atoms with Gasteiger partial charge in [-0.2, -0.15) is 0 Å². The summed E-state index contributed by atoms with van der Waals surface area (Å²) in [4.78, 5) is 24.9. The van der Waals surface area contributed by atoms with Crippen LogP contribution in [0.2, 0.25) is 0 Å². The first kappa shape index (κ1) is 8.45. The van der Waals surface area contributed by atoms with Gasteiger partial charge in [0.05, 0.1) is 0 Å². The summed E-state index contributed by atoms with van der Waals surface area (Å²) in [6.45, 7) is 1.34. The van der Waals surface area contributed by atoms with E-state index in [4.69, 9.17) is 5.11 Å². The Balaban J connectivity index is 3.17. The second-order valence-electron chi connectivity index (χ2n) is 2.42. The molecular formula is C7H8N2O3. The van der Waals surface area contributed by atoms with E-state index >= 15 is 0 Å². The van der Waals surface area contributed by atoms with Crippen molar-refractivity contribution in [3.8, 4) is 0 Å². The summed E-state index contributed by atoms with van der Waals surface area (Å²) in [5.74, 6) is -1.21. The fraction of sp³-hybridized carbons (Fsp3) is 0.286. The number of hydrogen-bond acceptors (Lipinski definition) is 3. The third-order valence-electron chi connectivity index (χ3n) is 1.41. The summed E-state index contributed by atoms with van der Waals surface area (Å²) >= 11 is 0. The summed E-state index contributed by atoms with van der Waals surface area (Å²) in [5, 5.41) is 8.52. The van der Waals surface area contributed by atoms with Gasteiger partial charge >= 0.3 is 5.97 Å². The van der Waals surface area contributed by atoms with Crippen molar-refractivity contribution in [1.29, 1.82) is 0 Å². The topological polar surface area (TPSA) is 72.2 Å². The van der Waals surface area contributed by atoms with Crippen LogP contribution < -0.4 is 0 Å². The highest BCUT2D eigenvalue weighted by atomic mass is 16.4. The molecule has 0 aliphatic rings. The molecular weight excluding hydrogens is 160 g/mol. The molecule has 1 heterocycles. The summed E-state index contributed by atoms with van der Waals surface area (Å²) < 4.78 is 1.39. The van der Waals surface area contributed by atoms with Gasteiger partial charge in [0.1, 0.15) is 0 Å². The van der Waals surface area contributed by atoms with Crippen LogP contribution >= 0.6 is 0 Å². The van der Waals surface area contributed by atoms with Crippen LogP contribution in [0.3, 0.4) is 0 Å². The zero-order valence-electron chi connectivity index (χ0n) is 6.74. The maximum atomic E-state index is 10.8. The molecule has 0 aliphatic heterocycles. The normalized spacial score (nSPS) is 9.83. The fourth-order valence-corrected chi connectivity index (χ4v) is 0.897. The number of ketones is 1. The quantitative estimate of drug-likeness (QED) is 0.645. The molecule has 0 saturated heterocycles. The third kappa shape index (κ3) is 1.34. The van der Waals surface area contributed by atoms with Crippen LogP contribution in [0.5, 0.6) is 0 Å². The smallest absolute Gasteiger partial charge is 0.356 e. The Labute approximate surface area is 68.6 Å². The lowest BCUT2D eigenvalue weighted by Crippen LogP contribution is -2.02. The number of aromatic carboxylic acids is 1. The van der Waals surface area contributed by atoms with Crippen LogP contribution in [0.1, 0.15) is 28.0 Å². The zero-order chi connectivity index (χ0) is 9.30. The second kappa shape index (κ2) is 2.77. The van der Waals surface area contributed by atoms with Crippen molar-refractivity contribution >= 4 is 11.8 Å². The van der Waals surface area contributed by atoms with Gasteiger partial charge in [-0.15, -0.1) is 0 Å². The Bertz CT molecular complexity index is 340. The van der Waals surface area contributed by atoms with Gasteiger partial charge in [-0.05, 0) is 0 Å². The molecule has 1 aromatic heterocycles. The minimum Gasteiger partial charge on any atom is -0.476 e. The van der Waals surface area contributed by atoms with E-state index in [-0.39, 0.29) is 17.3 Å². The molecule has 1 rings (SSSR count). The zero-order valence-corrected chi connectivity index (χ0v) is 6.74. The number of aryl methyl sites for hydroxylation is 1. The van der Waals surface area contributed by atoms with Crippen LogP contribution in [0.25, 0.3) is 0 Å². The van der Waals surface area contributed by atoms with Crippen molar-refractivity contribution in [3.05, 3.63) is 17.7 Å².